The molecular weight excluding hydrogens is 469 g/mol. The molecule has 0 spiro atoms. The van der Waals surface area contributed by atoms with Crippen LogP contribution in [0.4, 0.5) is 24.5 Å². The van der Waals surface area contributed by atoms with Crippen LogP contribution in [0.25, 0.3) is 0 Å². The number of rotatable bonds is 5. The summed E-state index contributed by atoms with van der Waals surface area (Å²) in [6.45, 7) is 4.04. The first kappa shape index (κ1) is 22.0. The standard InChI is InChI=1S/C20H20BrF3N2O2S/c1-13-10-15(21)3-5-18(13)29-12-19(27)25-16-11-14(20(22,23)24)2-4-17(16)26-6-8-28-9-7-26/h2-5,10-11H,6-9,12H2,1H3,(H,25,27). The molecule has 0 bridgehead atoms. The largest absolute Gasteiger partial charge is 0.416 e. The van der Waals surface area contributed by atoms with Gasteiger partial charge in [0.25, 0.3) is 0 Å². The number of nitrogens with zero attached hydrogens (tertiary/aromatic N) is 1. The van der Waals surface area contributed by atoms with Gasteiger partial charge in [-0.2, -0.15) is 13.2 Å². The van der Waals surface area contributed by atoms with Gasteiger partial charge in [-0.15, -0.1) is 11.8 Å². The first-order valence-electron chi connectivity index (χ1n) is 8.97. The van der Waals surface area contributed by atoms with Gasteiger partial charge in [-0.3, -0.25) is 4.79 Å². The Morgan fingerprint density at radius 1 is 1.21 bits per heavy atom. The number of hydrogen-bond donors (Lipinski definition) is 1. The molecule has 2 aromatic carbocycles. The molecule has 0 unspecified atom stereocenters. The molecule has 1 fully saturated rings. The van der Waals surface area contributed by atoms with Gasteiger partial charge in [0.1, 0.15) is 0 Å². The summed E-state index contributed by atoms with van der Waals surface area (Å²) in [6.07, 6.45) is -4.48. The highest BCUT2D eigenvalue weighted by Crippen LogP contribution is 2.36. The third kappa shape index (κ3) is 5.90. The lowest BCUT2D eigenvalue weighted by Crippen LogP contribution is -2.37. The molecule has 1 aliphatic rings. The van der Waals surface area contributed by atoms with Crippen molar-refractivity contribution in [2.75, 3.05) is 42.3 Å². The van der Waals surface area contributed by atoms with Gasteiger partial charge >= 0.3 is 6.18 Å². The van der Waals surface area contributed by atoms with Gasteiger partial charge in [0.05, 0.1) is 35.9 Å². The second kappa shape index (κ2) is 9.40. The molecule has 1 heterocycles. The Balaban J connectivity index is 1.76. The van der Waals surface area contributed by atoms with Crippen molar-refractivity contribution in [1.29, 1.82) is 0 Å². The van der Waals surface area contributed by atoms with Crippen molar-refractivity contribution in [3.8, 4) is 0 Å². The average molecular weight is 489 g/mol. The number of nitrogens with one attached hydrogen (secondary N) is 1. The van der Waals surface area contributed by atoms with Gasteiger partial charge in [-0.1, -0.05) is 15.9 Å². The number of hydrogen-bond acceptors (Lipinski definition) is 4. The van der Waals surface area contributed by atoms with E-state index >= 15 is 0 Å². The lowest BCUT2D eigenvalue weighted by Gasteiger charge is -2.31. The Labute approximate surface area is 179 Å². The van der Waals surface area contributed by atoms with Crippen LogP contribution in [-0.2, 0) is 15.7 Å². The van der Waals surface area contributed by atoms with E-state index in [-0.39, 0.29) is 17.3 Å². The van der Waals surface area contributed by atoms with Crippen molar-refractivity contribution in [3.05, 3.63) is 52.0 Å². The van der Waals surface area contributed by atoms with E-state index in [0.29, 0.717) is 32.0 Å². The molecule has 1 aliphatic heterocycles. The predicted molar refractivity (Wildman–Crippen MR) is 113 cm³/mol. The normalized spacial score (nSPS) is 14.7. The molecule has 1 saturated heterocycles. The Bertz CT molecular complexity index is 887. The maximum absolute atomic E-state index is 13.2. The molecule has 0 aromatic heterocycles. The van der Waals surface area contributed by atoms with Crippen molar-refractivity contribution in [2.45, 2.75) is 18.0 Å². The number of aryl methyl sites for hydroxylation is 1. The molecule has 3 rings (SSSR count). The number of thioether (sulfide) groups is 1. The number of amides is 1. The van der Waals surface area contributed by atoms with Crippen molar-refractivity contribution >= 4 is 45.0 Å². The van der Waals surface area contributed by atoms with E-state index in [9.17, 15) is 18.0 Å². The zero-order chi connectivity index (χ0) is 21.0. The van der Waals surface area contributed by atoms with Crippen LogP contribution in [0.3, 0.4) is 0 Å². The van der Waals surface area contributed by atoms with Crippen LogP contribution in [-0.4, -0.2) is 38.0 Å². The molecule has 0 saturated carbocycles. The zero-order valence-corrected chi connectivity index (χ0v) is 18.1. The van der Waals surface area contributed by atoms with Crippen LogP contribution in [0, 0.1) is 6.92 Å². The SMILES string of the molecule is Cc1cc(Br)ccc1SCC(=O)Nc1cc(C(F)(F)F)ccc1N1CCOCC1. The molecule has 1 amide bonds. The molecule has 9 heteroatoms. The highest BCUT2D eigenvalue weighted by atomic mass is 79.9. The third-order valence-corrected chi connectivity index (χ3v) is 6.11. The fourth-order valence-electron chi connectivity index (χ4n) is 3.00. The molecule has 0 aliphatic carbocycles. The summed E-state index contributed by atoms with van der Waals surface area (Å²) >= 11 is 4.74. The van der Waals surface area contributed by atoms with E-state index in [2.05, 4.69) is 21.2 Å². The number of benzene rings is 2. The Morgan fingerprint density at radius 2 is 1.93 bits per heavy atom. The molecular formula is C20H20BrF3N2O2S. The first-order chi connectivity index (χ1) is 13.7. The number of carbonyl (C=O) groups excluding carboxylic acids is 1. The minimum atomic E-state index is -4.48. The smallest absolute Gasteiger partial charge is 0.378 e. The maximum Gasteiger partial charge on any atom is 0.416 e. The second-order valence-corrected chi connectivity index (χ2v) is 8.51. The molecule has 0 radical (unpaired) electrons. The number of halogens is 4. The van der Waals surface area contributed by atoms with E-state index in [1.165, 1.54) is 17.8 Å². The number of ether oxygens (including phenoxy) is 1. The summed E-state index contributed by atoms with van der Waals surface area (Å²) in [5.41, 5.74) is 0.964. The topological polar surface area (TPSA) is 41.6 Å². The van der Waals surface area contributed by atoms with Crippen molar-refractivity contribution in [1.82, 2.24) is 0 Å². The minimum absolute atomic E-state index is 0.0985. The van der Waals surface area contributed by atoms with Crippen molar-refractivity contribution in [2.24, 2.45) is 0 Å². The van der Waals surface area contributed by atoms with Gasteiger partial charge in [0.15, 0.2) is 0 Å². The maximum atomic E-state index is 13.2. The third-order valence-electron chi connectivity index (χ3n) is 4.45. The lowest BCUT2D eigenvalue weighted by atomic mass is 10.1. The van der Waals surface area contributed by atoms with Crippen LogP contribution in [0.2, 0.25) is 0 Å². The summed E-state index contributed by atoms with van der Waals surface area (Å²) < 4.78 is 45.8. The van der Waals surface area contributed by atoms with Crippen LogP contribution in [0.1, 0.15) is 11.1 Å². The quantitative estimate of drug-likeness (QED) is 0.576. The summed E-state index contributed by atoms with van der Waals surface area (Å²) in [5, 5.41) is 2.67. The van der Waals surface area contributed by atoms with Crippen LogP contribution in [0.15, 0.2) is 45.8 Å². The number of carbonyl (C=O) groups is 1. The molecule has 0 atom stereocenters. The Kier molecular flexibility index (Phi) is 7.13. The van der Waals surface area contributed by atoms with E-state index in [4.69, 9.17) is 4.74 Å². The monoisotopic (exact) mass is 488 g/mol. The molecule has 29 heavy (non-hydrogen) atoms. The van der Waals surface area contributed by atoms with Crippen molar-refractivity contribution in [3.63, 3.8) is 0 Å². The van der Waals surface area contributed by atoms with E-state index in [1.807, 2.05) is 30.0 Å². The second-order valence-electron chi connectivity index (χ2n) is 6.58. The molecule has 1 N–H and O–H groups in total. The van der Waals surface area contributed by atoms with E-state index < -0.39 is 11.7 Å². The van der Waals surface area contributed by atoms with Crippen molar-refractivity contribution < 1.29 is 22.7 Å². The highest BCUT2D eigenvalue weighted by molar-refractivity contribution is 9.10. The number of anilines is 2. The number of morpholine rings is 1. The lowest BCUT2D eigenvalue weighted by molar-refractivity contribution is -0.137. The van der Waals surface area contributed by atoms with E-state index in [1.54, 1.807) is 0 Å². The fourth-order valence-corrected chi connectivity index (χ4v) is 4.28. The van der Waals surface area contributed by atoms with Crippen LogP contribution < -0.4 is 10.2 Å². The summed E-state index contributed by atoms with van der Waals surface area (Å²) in [6, 6.07) is 9.19. The van der Waals surface area contributed by atoms with E-state index in [0.717, 1.165) is 27.1 Å². The fraction of sp³-hybridized carbons (Fsp3) is 0.350. The summed E-state index contributed by atoms with van der Waals surface area (Å²) in [4.78, 5) is 15.4. The summed E-state index contributed by atoms with van der Waals surface area (Å²) in [5.74, 6) is -0.257. The molecule has 4 nitrogen and oxygen atoms in total. The van der Waals surface area contributed by atoms with Gasteiger partial charge in [0, 0.05) is 22.5 Å². The van der Waals surface area contributed by atoms with Crippen LogP contribution >= 0.6 is 27.7 Å². The predicted octanol–water partition coefficient (Wildman–Crippen LogP) is 5.34. The van der Waals surface area contributed by atoms with Crippen LogP contribution in [0.5, 0.6) is 0 Å². The highest BCUT2D eigenvalue weighted by Gasteiger charge is 2.32. The minimum Gasteiger partial charge on any atom is -0.378 e. The molecule has 2 aromatic rings. The van der Waals surface area contributed by atoms with Gasteiger partial charge in [-0.25, -0.2) is 0 Å². The number of alkyl halides is 3. The summed E-state index contributed by atoms with van der Waals surface area (Å²) in [7, 11) is 0. The van der Waals surface area contributed by atoms with Gasteiger partial charge in [0.2, 0.25) is 5.91 Å². The molecule has 156 valence electrons. The Hall–Kier alpha value is -1.71. The Morgan fingerprint density at radius 3 is 2.59 bits per heavy atom. The van der Waals surface area contributed by atoms with Gasteiger partial charge < -0.3 is 15.0 Å². The van der Waals surface area contributed by atoms with Gasteiger partial charge in [-0.05, 0) is 48.9 Å². The first-order valence-corrected chi connectivity index (χ1v) is 10.7. The average Bonchev–Trinajstić information content (AvgIpc) is 2.67. The zero-order valence-electron chi connectivity index (χ0n) is 15.7.